The van der Waals surface area contributed by atoms with Gasteiger partial charge in [-0.25, -0.2) is 0 Å². The van der Waals surface area contributed by atoms with Crippen molar-refractivity contribution >= 4 is 0 Å². The van der Waals surface area contributed by atoms with Crippen molar-refractivity contribution < 1.29 is 9.47 Å². The lowest BCUT2D eigenvalue weighted by molar-refractivity contribution is 0.0886. The van der Waals surface area contributed by atoms with Gasteiger partial charge in [0.15, 0.2) is 0 Å². The highest BCUT2D eigenvalue weighted by atomic mass is 16.5. The van der Waals surface area contributed by atoms with Crippen molar-refractivity contribution in [2.45, 2.75) is 40.2 Å². The van der Waals surface area contributed by atoms with E-state index in [2.05, 4.69) is 58.0 Å². The molecule has 0 saturated heterocycles. The van der Waals surface area contributed by atoms with Crippen molar-refractivity contribution in [1.82, 2.24) is 0 Å². The number of ether oxygens (including phenoxy) is 2. The van der Waals surface area contributed by atoms with Crippen molar-refractivity contribution in [2.75, 3.05) is 13.2 Å². The summed E-state index contributed by atoms with van der Waals surface area (Å²) in [5.41, 5.74) is 5.14. The van der Waals surface area contributed by atoms with Crippen molar-refractivity contribution in [2.24, 2.45) is 0 Å². The lowest BCUT2D eigenvalue weighted by Gasteiger charge is -2.10. The smallest absolute Gasteiger partial charge is 0.119 e. The Morgan fingerprint density at radius 3 is 2.27 bits per heavy atom. The molecule has 0 aliphatic rings. The van der Waals surface area contributed by atoms with Crippen molar-refractivity contribution in [1.29, 1.82) is 0 Å². The van der Waals surface area contributed by atoms with Crippen LogP contribution in [-0.4, -0.2) is 13.2 Å². The molecule has 0 aliphatic carbocycles. The minimum absolute atomic E-state index is 0.551. The third-order valence-corrected chi connectivity index (χ3v) is 3.80. The molecule has 2 aromatic rings. The lowest BCUT2D eigenvalue weighted by atomic mass is 10.0. The van der Waals surface area contributed by atoms with Crippen LogP contribution in [0.5, 0.6) is 5.75 Å². The summed E-state index contributed by atoms with van der Waals surface area (Å²) in [7, 11) is 0. The number of rotatable bonds is 7. The summed E-state index contributed by atoms with van der Waals surface area (Å²) < 4.78 is 11.4. The van der Waals surface area contributed by atoms with E-state index in [0.29, 0.717) is 25.7 Å². The Hall–Kier alpha value is -1.80. The standard InChI is InChI=1S/C20H26O2/c1-15(2)18-7-9-20(10-8-18)22-12-11-21-14-19-6-5-16(3)13-17(19)4/h5-10,13,15H,11-12,14H2,1-4H3. The van der Waals surface area contributed by atoms with Crippen LogP contribution in [0.4, 0.5) is 0 Å². The monoisotopic (exact) mass is 298 g/mol. The first-order valence-electron chi connectivity index (χ1n) is 7.93. The summed E-state index contributed by atoms with van der Waals surface area (Å²) in [6, 6.07) is 14.7. The highest BCUT2D eigenvalue weighted by Gasteiger charge is 2.01. The zero-order chi connectivity index (χ0) is 15.9. The van der Waals surface area contributed by atoms with E-state index in [1.807, 2.05) is 12.1 Å². The maximum Gasteiger partial charge on any atom is 0.119 e. The predicted molar refractivity (Wildman–Crippen MR) is 91.6 cm³/mol. The van der Waals surface area contributed by atoms with Gasteiger partial charge >= 0.3 is 0 Å². The molecule has 0 aromatic heterocycles. The number of hydrogen-bond donors (Lipinski definition) is 0. The molecule has 0 amide bonds. The van der Waals surface area contributed by atoms with Crippen LogP contribution < -0.4 is 4.74 Å². The molecule has 0 fully saturated rings. The molecule has 2 nitrogen and oxygen atoms in total. The Bertz CT molecular complexity index is 585. The van der Waals surface area contributed by atoms with Gasteiger partial charge in [-0.15, -0.1) is 0 Å². The second-order valence-electron chi connectivity index (χ2n) is 6.05. The first kappa shape index (κ1) is 16.6. The average molecular weight is 298 g/mol. The largest absolute Gasteiger partial charge is 0.491 e. The summed E-state index contributed by atoms with van der Waals surface area (Å²) in [6.07, 6.45) is 0. The summed E-state index contributed by atoms with van der Waals surface area (Å²) >= 11 is 0. The maximum atomic E-state index is 5.70. The minimum Gasteiger partial charge on any atom is -0.491 e. The van der Waals surface area contributed by atoms with Crippen molar-refractivity contribution in [3.63, 3.8) is 0 Å². The quantitative estimate of drug-likeness (QED) is 0.668. The normalized spacial score (nSPS) is 11.0. The second kappa shape index (κ2) is 8.00. The fourth-order valence-electron chi connectivity index (χ4n) is 2.36. The van der Waals surface area contributed by atoms with Gasteiger partial charge in [-0.1, -0.05) is 49.7 Å². The predicted octanol–water partition coefficient (Wildman–Crippen LogP) is 5.02. The van der Waals surface area contributed by atoms with Gasteiger partial charge in [-0.05, 0) is 48.6 Å². The molecule has 0 heterocycles. The first-order chi connectivity index (χ1) is 10.6. The summed E-state index contributed by atoms with van der Waals surface area (Å²) in [5, 5.41) is 0. The van der Waals surface area contributed by atoms with E-state index >= 15 is 0 Å². The number of aryl methyl sites for hydroxylation is 2. The molecule has 22 heavy (non-hydrogen) atoms. The Balaban J connectivity index is 1.71. The molecule has 0 N–H and O–H groups in total. The van der Waals surface area contributed by atoms with Crippen molar-refractivity contribution in [3.8, 4) is 5.75 Å². The fraction of sp³-hybridized carbons (Fsp3) is 0.400. The highest BCUT2D eigenvalue weighted by Crippen LogP contribution is 2.18. The number of benzene rings is 2. The zero-order valence-corrected chi connectivity index (χ0v) is 14.1. The van der Waals surface area contributed by atoms with Crippen LogP contribution >= 0.6 is 0 Å². The molecule has 0 unspecified atom stereocenters. The van der Waals surface area contributed by atoms with Gasteiger partial charge in [-0.2, -0.15) is 0 Å². The van der Waals surface area contributed by atoms with Crippen LogP contribution in [0.3, 0.4) is 0 Å². The van der Waals surface area contributed by atoms with Gasteiger partial charge in [0.1, 0.15) is 12.4 Å². The first-order valence-corrected chi connectivity index (χ1v) is 7.93. The summed E-state index contributed by atoms with van der Waals surface area (Å²) in [4.78, 5) is 0. The van der Waals surface area contributed by atoms with Gasteiger partial charge < -0.3 is 9.47 Å². The van der Waals surface area contributed by atoms with E-state index in [9.17, 15) is 0 Å². The molecule has 2 aromatic carbocycles. The highest BCUT2D eigenvalue weighted by molar-refractivity contribution is 5.30. The third kappa shape index (κ3) is 4.88. The van der Waals surface area contributed by atoms with E-state index in [4.69, 9.17) is 9.47 Å². The molecular weight excluding hydrogens is 272 g/mol. The molecule has 0 spiro atoms. The van der Waals surface area contributed by atoms with Gasteiger partial charge in [0.25, 0.3) is 0 Å². The third-order valence-electron chi connectivity index (χ3n) is 3.80. The molecule has 0 atom stereocenters. The molecule has 0 radical (unpaired) electrons. The van der Waals surface area contributed by atoms with E-state index < -0.39 is 0 Å². The van der Waals surface area contributed by atoms with Crippen LogP contribution in [0.25, 0.3) is 0 Å². The SMILES string of the molecule is Cc1ccc(COCCOc2ccc(C(C)C)cc2)c(C)c1. The summed E-state index contributed by atoms with van der Waals surface area (Å²) in [6.45, 7) is 10.4. The molecular formula is C20H26O2. The van der Waals surface area contributed by atoms with Crippen LogP contribution in [0.1, 0.15) is 42.0 Å². The summed E-state index contributed by atoms with van der Waals surface area (Å²) in [5.74, 6) is 1.45. The Morgan fingerprint density at radius 1 is 0.909 bits per heavy atom. The van der Waals surface area contributed by atoms with Crippen LogP contribution in [0.2, 0.25) is 0 Å². The van der Waals surface area contributed by atoms with Crippen LogP contribution in [-0.2, 0) is 11.3 Å². The van der Waals surface area contributed by atoms with Crippen LogP contribution in [0.15, 0.2) is 42.5 Å². The fourth-order valence-corrected chi connectivity index (χ4v) is 2.36. The van der Waals surface area contributed by atoms with Crippen molar-refractivity contribution in [3.05, 3.63) is 64.7 Å². The molecule has 2 heteroatoms. The topological polar surface area (TPSA) is 18.5 Å². The average Bonchev–Trinajstić information content (AvgIpc) is 2.49. The molecule has 118 valence electrons. The van der Waals surface area contributed by atoms with E-state index in [0.717, 1.165) is 5.75 Å². The molecule has 0 saturated carbocycles. The minimum atomic E-state index is 0.551. The number of hydrogen-bond acceptors (Lipinski definition) is 2. The molecule has 0 bridgehead atoms. The van der Waals surface area contributed by atoms with Gasteiger partial charge in [0.2, 0.25) is 0 Å². The Labute approximate surface area is 134 Å². The van der Waals surface area contributed by atoms with Gasteiger partial charge in [0.05, 0.1) is 13.2 Å². The maximum absolute atomic E-state index is 5.70. The van der Waals surface area contributed by atoms with E-state index in [1.165, 1.54) is 22.3 Å². The Morgan fingerprint density at radius 2 is 1.64 bits per heavy atom. The van der Waals surface area contributed by atoms with Gasteiger partial charge in [0, 0.05) is 0 Å². The Kier molecular flexibility index (Phi) is 6.02. The molecule has 0 aliphatic heterocycles. The van der Waals surface area contributed by atoms with E-state index in [-0.39, 0.29) is 0 Å². The molecule has 2 rings (SSSR count). The van der Waals surface area contributed by atoms with Crippen LogP contribution in [0, 0.1) is 13.8 Å². The zero-order valence-electron chi connectivity index (χ0n) is 14.1. The van der Waals surface area contributed by atoms with Gasteiger partial charge in [-0.3, -0.25) is 0 Å². The van der Waals surface area contributed by atoms with E-state index in [1.54, 1.807) is 0 Å². The lowest BCUT2D eigenvalue weighted by Crippen LogP contribution is -2.07. The second-order valence-corrected chi connectivity index (χ2v) is 6.05.